The Labute approximate surface area is 235 Å². The molecular weight excluding hydrogens is 570 g/mol. The molecule has 0 aliphatic rings. The molecule has 0 aliphatic heterocycles. The lowest BCUT2D eigenvalue weighted by molar-refractivity contribution is -0.387. The monoisotopic (exact) mass is 597 g/mol. The van der Waals surface area contributed by atoms with E-state index in [1.165, 1.54) is 41.3 Å². The van der Waals surface area contributed by atoms with Gasteiger partial charge in [0.15, 0.2) is 9.24 Å². The number of halogens is 1. The van der Waals surface area contributed by atoms with Gasteiger partial charge in [-0.15, -0.1) is 11.3 Å². The Kier molecular flexibility index (Phi) is 9.12. The van der Waals surface area contributed by atoms with Crippen molar-refractivity contribution in [3.05, 3.63) is 74.7 Å². The van der Waals surface area contributed by atoms with Crippen LogP contribution in [0.15, 0.2) is 63.1 Å². The summed E-state index contributed by atoms with van der Waals surface area (Å²) in [6.07, 6.45) is 0.229. The number of rotatable bonds is 10. The van der Waals surface area contributed by atoms with Crippen LogP contribution in [0.4, 0.5) is 11.4 Å². The molecule has 0 atom stereocenters. The highest BCUT2D eigenvalue weighted by Gasteiger charge is 2.35. The van der Waals surface area contributed by atoms with E-state index in [2.05, 4.69) is 4.98 Å². The molecule has 0 spiro atoms. The van der Waals surface area contributed by atoms with E-state index in [0.717, 1.165) is 10.4 Å². The van der Waals surface area contributed by atoms with E-state index in [9.17, 15) is 23.3 Å². The van der Waals surface area contributed by atoms with Crippen molar-refractivity contribution < 1.29 is 22.9 Å². The summed E-state index contributed by atoms with van der Waals surface area (Å²) in [5.74, 6) is -0.365. The molecule has 13 heteroatoms. The summed E-state index contributed by atoms with van der Waals surface area (Å²) in [5, 5.41) is 13.8. The maximum Gasteiger partial charge on any atom is 0.322 e. The maximum atomic E-state index is 13.7. The average Bonchev–Trinajstić information content (AvgIpc) is 3.25. The minimum Gasteiger partial charge on any atom is -0.459 e. The van der Waals surface area contributed by atoms with Crippen LogP contribution >= 0.6 is 34.7 Å². The molecule has 2 aromatic carbocycles. The second kappa shape index (κ2) is 11.6. The zero-order valence-corrected chi connectivity index (χ0v) is 24.7. The van der Waals surface area contributed by atoms with Crippen LogP contribution in [-0.4, -0.2) is 41.2 Å². The van der Waals surface area contributed by atoms with E-state index in [1.807, 2.05) is 0 Å². The SMILES string of the molecule is CC(C)(C)OC(=O)C(C)(C)Sc1nc(CCN(c2ccc(Cl)cc2)S(=O)(=O)c2ccccc2[N+](=O)[O-])cs1. The average molecular weight is 598 g/mol. The Hall–Kier alpha value is -2.67. The van der Waals surface area contributed by atoms with Gasteiger partial charge in [0.25, 0.3) is 15.7 Å². The predicted molar refractivity (Wildman–Crippen MR) is 151 cm³/mol. The molecule has 0 unspecified atom stereocenters. The second-order valence-electron chi connectivity index (χ2n) is 9.75. The predicted octanol–water partition coefficient (Wildman–Crippen LogP) is 6.36. The van der Waals surface area contributed by atoms with E-state index in [0.29, 0.717) is 20.7 Å². The van der Waals surface area contributed by atoms with E-state index in [4.69, 9.17) is 16.3 Å². The Bertz CT molecular complexity index is 1420. The van der Waals surface area contributed by atoms with Crippen LogP contribution in [0, 0.1) is 10.1 Å². The Morgan fingerprint density at radius 3 is 2.37 bits per heavy atom. The van der Waals surface area contributed by atoms with Crippen LogP contribution in [0.2, 0.25) is 5.02 Å². The third kappa shape index (κ3) is 7.46. The highest BCUT2D eigenvalue weighted by Crippen LogP contribution is 2.37. The van der Waals surface area contributed by atoms with Gasteiger partial charge in [-0.25, -0.2) is 13.4 Å². The lowest BCUT2D eigenvalue weighted by atomic mass is 10.1. The molecule has 1 aromatic heterocycles. The zero-order chi connectivity index (χ0) is 28.3. The summed E-state index contributed by atoms with van der Waals surface area (Å²) >= 11 is 8.61. The molecule has 204 valence electrons. The molecule has 9 nitrogen and oxygen atoms in total. The van der Waals surface area contributed by atoms with E-state index < -0.39 is 35.9 Å². The van der Waals surface area contributed by atoms with Crippen LogP contribution in [0.5, 0.6) is 0 Å². The van der Waals surface area contributed by atoms with Crippen LogP contribution in [0.1, 0.15) is 40.3 Å². The van der Waals surface area contributed by atoms with Crippen molar-refractivity contribution in [2.75, 3.05) is 10.8 Å². The summed E-state index contributed by atoms with van der Waals surface area (Å²) in [6, 6.07) is 11.4. The number of hydrogen-bond acceptors (Lipinski definition) is 9. The molecule has 0 radical (unpaired) electrons. The number of nitro groups is 1. The lowest BCUT2D eigenvalue weighted by Crippen LogP contribution is -2.36. The van der Waals surface area contributed by atoms with Crippen molar-refractivity contribution >= 4 is 62.1 Å². The van der Waals surface area contributed by atoms with Crippen LogP contribution in [0.25, 0.3) is 0 Å². The van der Waals surface area contributed by atoms with Gasteiger partial charge in [0.05, 0.1) is 16.3 Å². The minimum atomic E-state index is -4.31. The van der Waals surface area contributed by atoms with Gasteiger partial charge >= 0.3 is 5.97 Å². The standard InChI is InChI=1S/C25H28ClN3O6S3/c1-24(2,3)35-22(30)25(4,5)37-23-27-18(16-36-23)14-15-28(19-12-10-17(26)11-13-19)38(33,34)21-9-7-6-8-20(21)29(31)32/h6-13,16H,14-15H2,1-5H3. The summed E-state index contributed by atoms with van der Waals surface area (Å²) in [4.78, 5) is 27.6. The number of nitro benzene ring substituents is 1. The van der Waals surface area contributed by atoms with Crippen molar-refractivity contribution in [1.29, 1.82) is 0 Å². The lowest BCUT2D eigenvalue weighted by Gasteiger charge is -2.27. The van der Waals surface area contributed by atoms with E-state index >= 15 is 0 Å². The number of aromatic nitrogens is 1. The molecule has 0 bridgehead atoms. The third-order valence-electron chi connectivity index (χ3n) is 5.08. The molecule has 0 aliphatic carbocycles. The van der Waals surface area contributed by atoms with Crippen molar-refractivity contribution in [3.8, 4) is 0 Å². The molecule has 0 N–H and O–H groups in total. The van der Waals surface area contributed by atoms with Gasteiger partial charge in [0.2, 0.25) is 0 Å². The van der Waals surface area contributed by atoms with Crippen molar-refractivity contribution in [1.82, 2.24) is 4.98 Å². The highest BCUT2D eigenvalue weighted by molar-refractivity contribution is 8.03. The smallest absolute Gasteiger partial charge is 0.322 e. The molecule has 0 fully saturated rings. The minimum absolute atomic E-state index is 0.0285. The molecule has 3 aromatic rings. The largest absolute Gasteiger partial charge is 0.459 e. The molecule has 0 saturated carbocycles. The Morgan fingerprint density at radius 1 is 1.13 bits per heavy atom. The normalized spacial score (nSPS) is 12.3. The number of carbonyl (C=O) groups excluding carboxylic acids is 1. The molecule has 1 heterocycles. The van der Waals surface area contributed by atoms with Crippen LogP contribution < -0.4 is 4.31 Å². The number of ether oxygens (including phenoxy) is 1. The number of anilines is 1. The zero-order valence-electron chi connectivity index (χ0n) is 21.5. The van der Waals surface area contributed by atoms with Gasteiger partial charge < -0.3 is 4.74 Å². The van der Waals surface area contributed by atoms with Crippen molar-refractivity contribution in [3.63, 3.8) is 0 Å². The van der Waals surface area contributed by atoms with Gasteiger partial charge in [-0.3, -0.25) is 19.2 Å². The number of benzene rings is 2. The number of carbonyl (C=O) groups is 1. The van der Waals surface area contributed by atoms with Crippen molar-refractivity contribution in [2.45, 2.75) is 60.6 Å². The first-order valence-electron chi connectivity index (χ1n) is 11.5. The number of nitrogens with zero attached hydrogens (tertiary/aromatic N) is 3. The molecule has 3 rings (SSSR count). The Balaban J connectivity index is 1.86. The van der Waals surface area contributed by atoms with Crippen LogP contribution in [-0.2, 0) is 26.0 Å². The quantitative estimate of drug-likeness (QED) is 0.115. The molecule has 38 heavy (non-hydrogen) atoms. The topological polar surface area (TPSA) is 120 Å². The van der Waals surface area contributed by atoms with Gasteiger partial charge in [-0.2, -0.15) is 0 Å². The summed E-state index contributed by atoms with van der Waals surface area (Å²) in [6.45, 7) is 8.90. The number of hydrogen-bond donors (Lipinski definition) is 0. The maximum absolute atomic E-state index is 13.7. The van der Waals surface area contributed by atoms with Gasteiger partial charge in [0, 0.05) is 29.4 Å². The first-order valence-corrected chi connectivity index (χ1v) is 15.0. The fourth-order valence-corrected chi connectivity index (χ4v) is 7.28. The van der Waals surface area contributed by atoms with Gasteiger partial charge in [0.1, 0.15) is 10.3 Å². The molecule has 0 amide bonds. The first kappa shape index (κ1) is 29.9. The van der Waals surface area contributed by atoms with Gasteiger partial charge in [-0.1, -0.05) is 35.5 Å². The summed E-state index contributed by atoms with van der Waals surface area (Å²) in [5.41, 5.74) is -0.200. The highest BCUT2D eigenvalue weighted by atomic mass is 35.5. The van der Waals surface area contributed by atoms with E-state index in [1.54, 1.807) is 64.3 Å². The molecular formula is C25H28ClN3O6S3. The van der Waals surface area contributed by atoms with E-state index in [-0.39, 0.29) is 18.9 Å². The van der Waals surface area contributed by atoms with Gasteiger partial charge in [-0.05, 0) is 65.0 Å². The fourth-order valence-electron chi connectivity index (χ4n) is 3.27. The van der Waals surface area contributed by atoms with Crippen molar-refractivity contribution in [2.24, 2.45) is 0 Å². The van der Waals surface area contributed by atoms with Crippen LogP contribution in [0.3, 0.4) is 0 Å². The fraction of sp³-hybridized carbons (Fsp3) is 0.360. The first-order chi connectivity index (χ1) is 17.6. The summed E-state index contributed by atoms with van der Waals surface area (Å²) in [7, 11) is -4.31. The number of thiazole rings is 1. The second-order valence-corrected chi connectivity index (χ2v) is 14.7. The number of thioether (sulfide) groups is 1. The molecule has 0 saturated heterocycles. The number of para-hydroxylation sites is 1. The Morgan fingerprint density at radius 2 is 1.76 bits per heavy atom. The third-order valence-corrected chi connectivity index (χ3v) is 9.37. The number of esters is 1. The summed E-state index contributed by atoms with van der Waals surface area (Å²) < 4.78 is 33.7. The number of sulfonamides is 1.